The highest BCUT2D eigenvalue weighted by Crippen LogP contribution is 2.12. The molecule has 26 heavy (non-hydrogen) atoms. The van der Waals surface area contributed by atoms with Gasteiger partial charge in [-0.15, -0.1) is 0 Å². The number of nitrogens with zero attached hydrogens (tertiary/aromatic N) is 5. The average molecular weight is 362 g/mol. The summed E-state index contributed by atoms with van der Waals surface area (Å²) in [7, 11) is 0. The Kier molecular flexibility index (Phi) is 7.45. The minimum absolute atomic E-state index is 0.278. The summed E-state index contributed by atoms with van der Waals surface area (Å²) in [6, 6.07) is 1.84. The molecule has 0 amide bonds. The van der Waals surface area contributed by atoms with Gasteiger partial charge in [0.2, 0.25) is 5.95 Å². The molecule has 1 aromatic rings. The fourth-order valence-electron chi connectivity index (χ4n) is 3.21. The summed E-state index contributed by atoms with van der Waals surface area (Å²) in [5.41, 5.74) is 0. The van der Waals surface area contributed by atoms with Gasteiger partial charge in [0.25, 0.3) is 0 Å². The highest BCUT2D eigenvalue weighted by atomic mass is 16.5. The van der Waals surface area contributed by atoms with Crippen LogP contribution in [0.4, 0.5) is 5.95 Å². The summed E-state index contributed by atoms with van der Waals surface area (Å²) in [4.78, 5) is 17.9. The zero-order valence-electron chi connectivity index (χ0n) is 15.6. The maximum atomic E-state index is 5.71. The summed E-state index contributed by atoms with van der Waals surface area (Å²) >= 11 is 0. The predicted octanol–water partition coefficient (Wildman–Crippen LogP) is 0.760. The Morgan fingerprint density at radius 3 is 2.81 bits per heavy atom. The molecular weight excluding hydrogens is 332 g/mol. The van der Waals surface area contributed by atoms with Gasteiger partial charge in [0, 0.05) is 51.7 Å². The molecular formula is C18H30N6O2. The standard InChI is InChI=1S/C18H30N6O2/c1-2-19-17(22-8-14-25-15-16-5-3-13-26-16)23-9-11-24(12-10-23)18-20-6-4-7-21-18/h4,6-7,16H,2-3,5,8-15H2,1H3,(H,19,22). The lowest BCUT2D eigenvalue weighted by Gasteiger charge is -2.36. The molecule has 1 unspecified atom stereocenters. The topological polar surface area (TPSA) is 75.1 Å². The van der Waals surface area contributed by atoms with Crippen LogP contribution in [-0.2, 0) is 9.47 Å². The van der Waals surface area contributed by atoms with Gasteiger partial charge in [-0.2, -0.15) is 0 Å². The van der Waals surface area contributed by atoms with Crippen LogP contribution in [0.5, 0.6) is 0 Å². The van der Waals surface area contributed by atoms with Crippen LogP contribution >= 0.6 is 0 Å². The Bertz CT molecular complexity index is 542. The molecule has 3 heterocycles. The second-order valence-corrected chi connectivity index (χ2v) is 6.47. The number of guanidine groups is 1. The molecule has 0 saturated carbocycles. The van der Waals surface area contributed by atoms with E-state index in [1.54, 1.807) is 12.4 Å². The first-order chi connectivity index (χ1) is 12.9. The van der Waals surface area contributed by atoms with E-state index in [9.17, 15) is 0 Å². The maximum Gasteiger partial charge on any atom is 0.225 e. The van der Waals surface area contributed by atoms with Crippen molar-refractivity contribution in [2.24, 2.45) is 4.99 Å². The molecule has 0 spiro atoms. The Morgan fingerprint density at radius 1 is 1.31 bits per heavy atom. The number of hydrogen-bond donors (Lipinski definition) is 1. The van der Waals surface area contributed by atoms with E-state index in [2.05, 4.69) is 32.0 Å². The van der Waals surface area contributed by atoms with Gasteiger partial charge >= 0.3 is 0 Å². The highest BCUT2D eigenvalue weighted by Gasteiger charge is 2.21. The molecule has 2 fully saturated rings. The van der Waals surface area contributed by atoms with E-state index in [0.717, 1.165) is 64.1 Å². The van der Waals surface area contributed by atoms with E-state index in [1.165, 1.54) is 0 Å². The van der Waals surface area contributed by atoms with E-state index >= 15 is 0 Å². The van der Waals surface area contributed by atoms with Crippen LogP contribution in [0.1, 0.15) is 19.8 Å². The number of aromatic nitrogens is 2. The zero-order chi connectivity index (χ0) is 18.0. The minimum Gasteiger partial charge on any atom is -0.377 e. The van der Waals surface area contributed by atoms with Crippen molar-refractivity contribution in [3.8, 4) is 0 Å². The molecule has 0 aliphatic carbocycles. The zero-order valence-corrected chi connectivity index (χ0v) is 15.6. The van der Waals surface area contributed by atoms with Crippen molar-refractivity contribution in [1.29, 1.82) is 0 Å². The molecule has 0 bridgehead atoms. The molecule has 1 aromatic heterocycles. The Morgan fingerprint density at radius 2 is 2.12 bits per heavy atom. The maximum absolute atomic E-state index is 5.71. The van der Waals surface area contributed by atoms with Gasteiger partial charge in [0.1, 0.15) is 0 Å². The SMILES string of the molecule is CCNC(=NCCOCC1CCCO1)N1CCN(c2ncccn2)CC1. The fraction of sp³-hybridized carbons (Fsp3) is 0.722. The Hall–Kier alpha value is -1.93. The van der Waals surface area contributed by atoms with Gasteiger partial charge in [0.15, 0.2) is 5.96 Å². The number of aliphatic imine (C=N–C) groups is 1. The van der Waals surface area contributed by atoms with Crippen LogP contribution < -0.4 is 10.2 Å². The third kappa shape index (κ3) is 5.54. The van der Waals surface area contributed by atoms with E-state index in [-0.39, 0.29) is 6.10 Å². The Balaban J connectivity index is 1.42. The van der Waals surface area contributed by atoms with Crippen LogP contribution in [0, 0.1) is 0 Å². The fourth-order valence-corrected chi connectivity index (χ4v) is 3.21. The monoisotopic (exact) mass is 362 g/mol. The van der Waals surface area contributed by atoms with E-state index < -0.39 is 0 Å². The first kappa shape index (κ1) is 18.8. The van der Waals surface area contributed by atoms with Crippen LogP contribution in [0.25, 0.3) is 0 Å². The summed E-state index contributed by atoms with van der Waals surface area (Å²) < 4.78 is 11.3. The summed E-state index contributed by atoms with van der Waals surface area (Å²) in [5, 5.41) is 3.38. The van der Waals surface area contributed by atoms with Crippen molar-refractivity contribution in [3.63, 3.8) is 0 Å². The molecule has 0 radical (unpaired) electrons. The summed E-state index contributed by atoms with van der Waals surface area (Å²) in [6.07, 6.45) is 6.12. The second-order valence-electron chi connectivity index (χ2n) is 6.47. The van der Waals surface area contributed by atoms with Crippen molar-refractivity contribution in [2.75, 3.05) is 64.0 Å². The van der Waals surface area contributed by atoms with Gasteiger partial charge in [-0.1, -0.05) is 0 Å². The van der Waals surface area contributed by atoms with Crippen molar-refractivity contribution >= 4 is 11.9 Å². The lowest BCUT2D eigenvalue weighted by atomic mass is 10.2. The van der Waals surface area contributed by atoms with Crippen molar-refractivity contribution in [2.45, 2.75) is 25.9 Å². The molecule has 2 saturated heterocycles. The van der Waals surface area contributed by atoms with Gasteiger partial charge in [-0.3, -0.25) is 4.99 Å². The lowest BCUT2D eigenvalue weighted by Crippen LogP contribution is -2.53. The van der Waals surface area contributed by atoms with Crippen LogP contribution in [0.15, 0.2) is 23.5 Å². The van der Waals surface area contributed by atoms with Crippen molar-refractivity contribution in [3.05, 3.63) is 18.5 Å². The largest absolute Gasteiger partial charge is 0.377 e. The molecule has 8 heteroatoms. The van der Waals surface area contributed by atoms with Crippen molar-refractivity contribution < 1.29 is 9.47 Å². The van der Waals surface area contributed by atoms with Gasteiger partial charge < -0.3 is 24.6 Å². The quantitative estimate of drug-likeness (QED) is 0.436. The Labute approximate surface area is 155 Å². The number of hydrogen-bond acceptors (Lipinski definition) is 6. The van der Waals surface area contributed by atoms with Gasteiger partial charge in [0.05, 0.1) is 25.9 Å². The molecule has 2 aliphatic rings. The molecule has 144 valence electrons. The highest BCUT2D eigenvalue weighted by molar-refractivity contribution is 5.80. The summed E-state index contributed by atoms with van der Waals surface area (Å²) in [5.74, 6) is 1.76. The van der Waals surface area contributed by atoms with Crippen LogP contribution in [0.3, 0.4) is 0 Å². The van der Waals surface area contributed by atoms with Crippen LogP contribution in [-0.4, -0.2) is 86.0 Å². The van der Waals surface area contributed by atoms with Crippen molar-refractivity contribution in [1.82, 2.24) is 20.2 Å². The number of piperazine rings is 1. The van der Waals surface area contributed by atoms with E-state index in [1.807, 2.05) is 6.07 Å². The number of ether oxygens (including phenoxy) is 2. The molecule has 8 nitrogen and oxygen atoms in total. The van der Waals surface area contributed by atoms with Crippen LogP contribution in [0.2, 0.25) is 0 Å². The molecule has 0 aromatic carbocycles. The van der Waals surface area contributed by atoms with E-state index in [4.69, 9.17) is 14.5 Å². The molecule has 3 rings (SSSR count). The van der Waals surface area contributed by atoms with Gasteiger partial charge in [-0.25, -0.2) is 9.97 Å². The first-order valence-corrected chi connectivity index (χ1v) is 9.61. The first-order valence-electron chi connectivity index (χ1n) is 9.61. The third-order valence-corrected chi connectivity index (χ3v) is 4.57. The van der Waals surface area contributed by atoms with Gasteiger partial charge in [-0.05, 0) is 25.8 Å². The smallest absolute Gasteiger partial charge is 0.225 e. The molecule has 1 N–H and O–H groups in total. The minimum atomic E-state index is 0.278. The average Bonchev–Trinajstić information content (AvgIpc) is 3.21. The number of nitrogens with one attached hydrogen (secondary N) is 1. The molecule has 1 atom stereocenters. The predicted molar refractivity (Wildman–Crippen MR) is 102 cm³/mol. The number of anilines is 1. The summed E-state index contributed by atoms with van der Waals surface area (Å²) in [6.45, 7) is 9.40. The second kappa shape index (κ2) is 10.3. The van der Waals surface area contributed by atoms with E-state index in [0.29, 0.717) is 19.8 Å². The lowest BCUT2D eigenvalue weighted by molar-refractivity contribution is 0.0199. The third-order valence-electron chi connectivity index (χ3n) is 4.57. The normalized spacial score (nSPS) is 21.3. The molecule has 2 aliphatic heterocycles. The number of rotatable bonds is 7.